The molecule has 8 nitrogen and oxygen atoms in total. The van der Waals surface area contributed by atoms with Crippen molar-refractivity contribution < 1.29 is 23.7 Å². The third-order valence-electron chi connectivity index (χ3n) is 6.25. The molecule has 1 N–H and O–H groups in total. The number of nitrogens with zero attached hydrogens (tertiary/aromatic N) is 3. The maximum Gasteiger partial charge on any atom is 0.414 e. The first kappa shape index (κ1) is 27.3. The van der Waals surface area contributed by atoms with Gasteiger partial charge in [0.2, 0.25) is 5.91 Å². The Labute approximate surface area is 231 Å². The summed E-state index contributed by atoms with van der Waals surface area (Å²) in [5.74, 6) is -0.411. The Kier molecular flexibility index (Phi) is 9.48. The van der Waals surface area contributed by atoms with Gasteiger partial charge in [0.15, 0.2) is 12.4 Å². The Morgan fingerprint density at radius 1 is 1.08 bits per heavy atom. The Hall–Kier alpha value is -3.72. The number of carbonyl (C=O) groups excluding carboxylic acids is 3. The molecule has 0 saturated heterocycles. The highest BCUT2D eigenvalue weighted by molar-refractivity contribution is 9.10. The van der Waals surface area contributed by atoms with Gasteiger partial charge >= 0.3 is 6.09 Å². The summed E-state index contributed by atoms with van der Waals surface area (Å²) in [5.41, 5.74) is 3.25. The van der Waals surface area contributed by atoms with Gasteiger partial charge in [-0.3, -0.25) is 14.5 Å². The number of halogens is 1. The van der Waals surface area contributed by atoms with Crippen LogP contribution >= 0.6 is 15.9 Å². The Morgan fingerprint density at radius 3 is 2.63 bits per heavy atom. The molecule has 0 radical (unpaired) electrons. The molecule has 1 aliphatic rings. The molecule has 2 heterocycles. The zero-order valence-electron chi connectivity index (χ0n) is 21.4. The summed E-state index contributed by atoms with van der Waals surface area (Å²) >= 11 is 3.50. The lowest BCUT2D eigenvalue weighted by Gasteiger charge is -2.22. The molecule has 1 aromatic heterocycles. The molecular formula is C29H32BrN4O4+. The van der Waals surface area contributed by atoms with E-state index < -0.39 is 6.09 Å². The second-order valence-corrected chi connectivity index (χ2v) is 9.93. The predicted molar refractivity (Wildman–Crippen MR) is 149 cm³/mol. The smallest absolute Gasteiger partial charge is 0.414 e. The first-order chi connectivity index (χ1) is 18.5. The fraction of sp³-hybridized carbons (Fsp3) is 0.310. The van der Waals surface area contributed by atoms with Crippen molar-refractivity contribution in [2.24, 2.45) is 0 Å². The number of aromatic nitrogens is 1. The number of fused-ring (bicyclic) bond motifs is 1. The van der Waals surface area contributed by atoms with Crippen LogP contribution in [0.15, 0.2) is 77.5 Å². The minimum absolute atomic E-state index is 0.0695. The molecule has 0 saturated carbocycles. The van der Waals surface area contributed by atoms with Crippen LogP contribution in [-0.4, -0.2) is 44.1 Å². The molecule has 38 heavy (non-hydrogen) atoms. The number of pyridine rings is 1. The van der Waals surface area contributed by atoms with Gasteiger partial charge in [0.05, 0.1) is 16.7 Å². The topological polar surface area (TPSA) is 82.8 Å². The van der Waals surface area contributed by atoms with Gasteiger partial charge in [-0.2, -0.15) is 0 Å². The summed E-state index contributed by atoms with van der Waals surface area (Å²) in [5, 5.41) is 2.78. The largest absolute Gasteiger partial charge is 0.447 e. The zero-order valence-corrected chi connectivity index (χ0v) is 23.0. The first-order valence-electron chi connectivity index (χ1n) is 12.8. The quantitative estimate of drug-likeness (QED) is 0.283. The number of carbonyl (C=O) groups is 3. The van der Waals surface area contributed by atoms with Gasteiger partial charge in [0.25, 0.3) is 5.91 Å². The highest BCUT2D eigenvalue weighted by atomic mass is 79.9. The number of nitrogens with one attached hydrogen (secondary N) is 1. The second-order valence-electron chi connectivity index (χ2n) is 9.02. The molecule has 0 atom stereocenters. The molecular weight excluding hydrogens is 548 g/mol. The van der Waals surface area contributed by atoms with Gasteiger partial charge in [-0.15, -0.1) is 0 Å². The SMILES string of the molecule is CCC[n+]1cc(Br)cc(C(=O)N(CCC(=O)NCCOC(=O)N2CCc3ccccc32)c2ccccc2)c1. The van der Waals surface area contributed by atoms with Crippen LogP contribution in [0, 0.1) is 0 Å². The molecule has 1 aliphatic heterocycles. The summed E-state index contributed by atoms with van der Waals surface area (Å²) < 4.78 is 8.16. The van der Waals surface area contributed by atoms with Crippen LogP contribution < -0.4 is 19.7 Å². The first-order valence-corrected chi connectivity index (χ1v) is 13.6. The molecule has 0 unspecified atom stereocenters. The van der Waals surface area contributed by atoms with E-state index in [0.717, 1.165) is 35.1 Å². The van der Waals surface area contributed by atoms with E-state index >= 15 is 0 Å². The van der Waals surface area contributed by atoms with Gasteiger partial charge < -0.3 is 15.0 Å². The average molecular weight is 581 g/mol. The molecule has 0 spiro atoms. The van der Waals surface area contributed by atoms with Gasteiger partial charge in [0, 0.05) is 31.6 Å². The van der Waals surface area contributed by atoms with Crippen molar-refractivity contribution in [1.82, 2.24) is 5.32 Å². The number of ether oxygens (including phenoxy) is 1. The van der Waals surface area contributed by atoms with Crippen LogP contribution in [0.4, 0.5) is 16.2 Å². The zero-order chi connectivity index (χ0) is 26.9. The van der Waals surface area contributed by atoms with E-state index in [1.54, 1.807) is 15.9 Å². The highest BCUT2D eigenvalue weighted by Gasteiger charge is 2.25. The van der Waals surface area contributed by atoms with Crippen LogP contribution in [-0.2, 0) is 22.5 Å². The molecule has 198 valence electrons. The number of anilines is 2. The van der Waals surface area contributed by atoms with Crippen molar-refractivity contribution in [3.8, 4) is 0 Å². The van der Waals surface area contributed by atoms with Crippen LogP contribution in [0.5, 0.6) is 0 Å². The van der Waals surface area contributed by atoms with Gasteiger partial charge in [-0.05, 0) is 52.2 Å². The molecule has 2 aromatic carbocycles. The number of para-hydroxylation sites is 2. The number of hydrogen-bond acceptors (Lipinski definition) is 4. The third-order valence-corrected chi connectivity index (χ3v) is 6.68. The molecule has 0 bridgehead atoms. The summed E-state index contributed by atoms with van der Waals surface area (Å²) in [6.45, 7) is 3.94. The minimum atomic E-state index is -0.417. The number of hydrogen-bond donors (Lipinski definition) is 1. The highest BCUT2D eigenvalue weighted by Crippen LogP contribution is 2.27. The van der Waals surface area contributed by atoms with Gasteiger partial charge in [-0.25, -0.2) is 9.36 Å². The lowest BCUT2D eigenvalue weighted by atomic mass is 10.2. The fourth-order valence-electron chi connectivity index (χ4n) is 4.45. The maximum atomic E-state index is 13.5. The van der Waals surface area contributed by atoms with Crippen LogP contribution in [0.3, 0.4) is 0 Å². The minimum Gasteiger partial charge on any atom is -0.447 e. The van der Waals surface area contributed by atoms with Crippen molar-refractivity contribution >= 4 is 45.2 Å². The average Bonchev–Trinajstić information content (AvgIpc) is 3.36. The maximum absolute atomic E-state index is 13.5. The van der Waals surface area contributed by atoms with Crippen molar-refractivity contribution in [2.75, 3.05) is 36.0 Å². The summed E-state index contributed by atoms with van der Waals surface area (Å²) in [6.07, 6.45) is 5.21. The van der Waals surface area contributed by atoms with Crippen LogP contribution in [0.2, 0.25) is 0 Å². The molecule has 0 aliphatic carbocycles. The van der Waals surface area contributed by atoms with Crippen molar-refractivity contribution in [2.45, 2.75) is 32.7 Å². The number of aryl methyl sites for hydroxylation is 1. The van der Waals surface area contributed by atoms with E-state index in [-0.39, 0.29) is 37.9 Å². The van der Waals surface area contributed by atoms with Crippen molar-refractivity contribution in [3.05, 3.63) is 88.7 Å². The van der Waals surface area contributed by atoms with E-state index in [1.165, 1.54) is 0 Å². The van der Waals surface area contributed by atoms with Crippen molar-refractivity contribution in [1.29, 1.82) is 0 Å². The summed E-state index contributed by atoms with van der Waals surface area (Å²) in [4.78, 5) is 41.8. The van der Waals surface area contributed by atoms with Crippen LogP contribution in [0.1, 0.15) is 35.7 Å². The normalized spacial score (nSPS) is 12.1. The Bertz CT molecular complexity index is 1280. The lowest BCUT2D eigenvalue weighted by Crippen LogP contribution is -2.39. The van der Waals surface area contributed by atoms with Gasteiger partial charge in [0.1, 0.15) is 18.7 Å². The van der Waals surface area contributed by atoms with E-state index in [9.17, 15) is 14.4 Å². The summed E-state index contributed by atoms with van der Waals surface area (Å²) in [7, 11) is 0. The molecule has 9 heteroatoms. The Morgan fingerprint density at radius 2 is 1.84 bits per heavy atom. The molecule has 0 fully saturated rings. The fourth-order valence-corrected chi connectivity index (χ4v) is 4.96. The standard InChI is InChI=1S/C29H31BrN4O4/c1-2-15-32-20-23(19-24(30)21-32)28(36)33(25-9-4-3-5-10-25)17-13-27(35)31-14-18-38-29(37)34-16-12-22-8-6-7-11-26(22)34/h3-11,19-21H,2,12-18H2,1H3/p+1. The molecule has 3 aromatic rings. The lowest BCUT2D eigenvalue weighted by molar-refractivity contribution is -0.697. The molecule has 4 rings (SSSR count). The predicted octanol–water partition coefficient (Wildman–Crippen LogP) is 4.50. The van der Waals surface area contributed by atoms with Crippen LogP contribution in [0.25, 0.3) is 0 Å². The second kappa shape index (κ2) is 13.2. The number of rotatable bonds is 10. The summed E-state index contributed by atoms with van der Waals surface area (Å²) in [6, 6.07) is 18.9. The van der Waals surface area contributed by atoms with E-state index in [1.807, 2.05) is 71.6 Å². The number of benzene rings is 2. The van der Waals surface area contributed by atoms with E-state index in [0.29, 0.717) is 17.8 Å². The monoisotopic (exact) mass is 579 g/mol. The van der Waals surface area contributed by atoms with Crippen molar-refractivity contribution in [3.63, 3.8) is 0 Å². The van der Waals surface area contributed by atoms with E-state index in [2.05, 4.69) is 28.2 Å². The third kappa shape index (κ3) is 6.98. The molecule has 3 amide bonds. The van der Waals surface area contributed by atoms with E-state index in [4.69, 9.17) is 4.74 Å². The van der Waals surface area contributed by atoms with Gasteiger partial charge in [-0.1, -0.05) is 43.3 Å². The number of amides is 3. The Balaban J connectivity index is 1.30.